The lowest BCUT2D eigenvalue weighted by Gasteiger charge is -2.14. The molecule has 0 saturated carbocycles. The van der Waals surface area contributed by atoms with Gasteiger partial charge < -0.3 is 14.5 Å². The second-order valence-electron chi connectivity index (χ2n) is 5.58. The number of nitrogens with one attached hydrogen (secondary N) is 1. The minimum absolute atomic E-state index is 0.0541. The van der Waals surface area contributed by atoms with E-state index in [4.69, 9.17) is 18.2 Å². The Morgan fingerprint density at radius 1 is 1.41 bits per heavy atom. The molecule has 11 heteroatoms. The Kier molecular flexibility index (Phi) is 4.80. The molecule has 0 radical (unpaired) electrons. The number of alkyl halides is 3. The number of carbonyl (C=O) groups is 1. The standard InChI is InChI=1S/C16H12ClF3N6O/c1-21-10-11-13(14(17)24-8-23-11)26(7-5-22-15(27)16(18,19)20)12(10)9-4-3-6-25(9)2/h3-4,6,8H,5,7H2,2H3,(H,22,27). The number of hydrogen-bond donors (Lipinski definition) is 1. The number of fused-ring (bicyclic) bond motifs is 1. The maximum absolute atomic E-state index is 12.4. The predicted octanol–water partition coefficient (Wildman–Crippen LogP) is 3.32. The first-order chi connectivity index (χ1) is 12.8. The maximum atomic E-state index is 12.4. The summed E-state index contributed by atoms with van der Waals surface area (Å²) in [6, 6.07) is 3.53. The zero-order valence-corrected chi connectivity index (χ0v) is 14.6. The molecular formula is C16H12ClF3N6O. The molecule has 27 heavy (non-hydrogen) atoms. The van der Waals surface area contributed by atoms with Crippen molar-refractivity contribution < 1.29 is 18.0 Å². The third-order valence-corrected chi connectivity index (χ3v) is 4.22. The Morgan fingerprint density at radius 3 is 2.74 bits per heavy atom. The molecule has 7 nitrogen and oxygen atoms in total. The van der Waals surface area contributed by atoms with Crippen LogP contribution >= 0.6 is 11.6 Å². The third-order valence-electron chi connectivity index (χ3n) is 3.94. The number of aromatic nitrogens is 4. The minimum atomic E-state index is -4.97. The van der Waals surface area contributed by atoms with Gasteiger partial charge in [0.15, 0.2) is 5.15 Å². The van der Waals surface area contributed by atoms with Crippen LogP contribution in [0, 0.1) is 6.57 Å². The second-order valence-corrected chi connectivity index (χ2v) is 5.94. The summed E-state index contributed by atoms with van der Waals surface area (Å²) in [6.45, 7) is 7.16. The highest BCUT2D eigenvalue weighted by Gasteiger charge is 2.38. The number of aryl methyl sites for hydroxylation is 1. The SMILES string of the molecule is [C-]#[N+]c1c(-c2cccn2C)n(CCNC(=O)C(F)(F)F)c2c(Cl)ncnc12. The highest BCUT2D eigenvalue weighted by atomic mass is 35.5. The molecule has 0 unspecified atom stereocenters. The van der Waals surface area contributed by atoms with E-state index < -0.39 is 12.1 Å². The Balaban J connectivity index is 2.11. The molecule has 0 fully saturated rings. The Morgan fingerprint density at radius 2 is 2.15 bits per heavy atom. The van der Waals surface area contributed by atoms with Crippen LogP contribution in [-0.4, -0.2) is 37.7 Å². The predicted molar refractivity (Wildman–Crippen MR) is 92.3 cm³/mol. The van der Waals surface area contributed by atoms with Crippen molar-refractivity contribution in [3.63, 3.8) is 0 Å². The van der Waals surface area contributed by atoms with Crippen LogP contribution in [0.3, 0.4) is 0 Å². The van der Waals surface area contributed by atoms with Gasteiger partial charge in [0.1, 0.15) is 11.8 Å². The van der Waals surface area contributed by atoms with Crippen molar-refractivity contribution in [1.29, 1.82) is 0 Å². The Hall–Kier alpha value is -3.06. The Bertz CT molecular complexity index is 1060. The molecular weight excluding hydrogens is 385 g/mol. The van der Waals surface area contributed by atoms with Crippen LogP contribution in [0.15, 0.2) is 24.7 Å². The summed E-state index contributed by atoms with van der Waals surface area (Å²) in [5, 5.41) is 1.88. The molecule has 3 heterocycles. The summed E-state index contributed by atoms with van der Waals surface area (Å²) < 4.78 is 40.5. The summed E-state index contributed by atoms with van der Waals surface area (Å²) in [5.41, 5.74) is 1.91. The van der Waals surface area contributed by atoms with Gasteiger partial charge in [0, 0.05) is 26.3 Å². The maximum Gasteiger partial charge on any atom is 0.471 e. The van der Waals surface area contributed by atoms with Gasteiger partial charge in [-0.05, 0) is 12.1 Å². The first kappa shape index (κ1) is 18.7. The molecule has 0 spiro atoms. The average Bonchev–Trinajstić information content (AvgIpc) is 3.15. The zero-order valence-electron chi connectivity index (χ0n) is 13.9. The fraction of sp³-hybridized carbons (Fsp3) is 0.250. The van der Waals surface area contributed by atoms with Gasteiger partial charge in [-0.1, -0.05) is 11.6 Å². The fourth-order valence-electron chi connectivity index (χ4n) is 2.80. The molecule has 3 rings (SSSR count). The van der Waals surface area contributed by atoms with E-state index in [-0.39, 0.29) is 23.9 Å². The van der Waals surface area contributed by atoms with E-state index in [1.165, 1.54) is 6.33 Å². The lowest BCUT2D eigenvalue weighted by atomic mass is 10.2. The van der Waals surface area contributed by atoms with Gasteiger partial charge in [-0.3, -0.25) is 4.79 Å². The van der Waals surface area contributed by atoms with Crippen molar-refractivity contribution in [3.8, 4) is 11.4 Å². The molecule has 3 aromatic rings. The van der Waals surface area contributed by atoms with Crippen LogP contribution < -0.4 is 5.32 Å². The van der Waals surface area contributed by atoms with Gasteiger partial charge in [-0.15, -0.1) is 0 Å². The number of nitrogens with zero attached hydrogens (tertiary/aromatic N) is 5. The van der Waals surface area contributed by atoms with Crippen LogP contribution in [-0.2, 0) is 18.4 Å². The van der Waals surface area contributed by atoms with Gasteiger partial charge in [-0.2, -0.15) is 13.2 Å². The third kappa shape index (κ3) is 3.33. The van der Waals surface area contributed by atoms with Crippen molar-refractivity contribution in [3.05, 3.63) is 41.2 Å². The van der Waals surface area contributed by atoms with Gasteiger partial charge >= 0.3 is 12.1 Å². The fourth-order valence-corrected chi connectivity index (χ4v) is 3.03. The van der Waals surface area contributed by atoms with Crippen LogP contribution in [0.5, 0.6) is 0 Å². The zero-order chi connectivity index (χ0) is 19.8. The van der Waals surface area contributed by atoms with E-state index in [9.17, 15) is 18.0 Å². The molecule has 0 atom stereocenters. The largest absolute Gasteiger partial charge is 0.471 e. The molecule has 0 aliphatic rings. The number of hydrogen-bond acceptors (Lipinski definition) is 3. The normalized spacial score (nSPS) is 11.6. The van der Waals surface area contributed by atoms with Gasteiger partial charge in [0.2, 0.25) is 5.69 Å². The van der Waals surface area contributed by atoms with E-state index >= 15 is 0 Å². The molecule has 0 aliphatic heterocycles. The van der Waals surface area contributed by atoms with E-state index in [2.05, 4.69) is 14.8 Å². The van der Waals surface area contributed by atoms with Crippen molar-refractivity contribution in [2.24, 2.45) is 7.05 Å². The molecule has 1 N–H and O–H groups in total. The molecule has 0 aromatic carbocycles. The number of halogens is 4. The minimum Gasteiger partial charge on any atom is -0.350 e. The summed E-state index contributed by atoms with van der Waals surface area (Å²) in [5.74, 6) is -2.04. The number of amides is 1. The van der Waals surface area contributed by atoms with Gasteiger partial charge in [0.05, 0.1) is 23.5 Å². The molecule has 140 valence electrons. The summed E-state index contributed by atoms with van der Waals surface area (Å²) in [7, 11) is 1.77. The molecule has 0 saturated heterocycles. The summed E-state index contributed by atoms with van der Waals surface area (Å²) in [4.78, 5) is 22.6. The van der Waals surface area contributed by atoms with Crippen LogP contribution in [0.2, 0.25) is 5.15 Å². The van der Waals surface area contributed by atoms with E-state index in [0.717, 1.165) is 0 Å². The van der Waals surface area contributed by atoms with Crippen LogP contribution in [0.25, 0.3) is 27.3 Å². The monoisotopic (exact) mass is 396 g/mol. The van der Waals surface area contributed by atoms with Crippen molar-refractivity contribution in [2.75, 3.05) is 6.54 Å². The van der Waals surface area contributed by atoms with Crippen LogP contribution in [0.4, 0.5) is 18.9 Å². The number of carbonyl (C=O) groups excluding carboxylic acids is 1. The first-order valence-electron chi connectivity index (χ1n) is 7.62. The summed E-state index contributed by atoms with van der Waals surface area (Å²) in [6.07, 6.45) is -1.99. The van der Waals surface area contributed by atoms with Gasteiger partial charge in [0.25, 0.3) is 0 Å². The topological polar surface area (TPSA) is 69.1 Å². The lowest BCUT2D eigenvalue weighted by Crippen LogP contribution is -2.38. The molecule has 3 aromatic heterocycles. The quantitative estimate of drug-likeness (QED) is 0.543. The van der Waals surface area contributed by atoms with Crippen LogP contribution in [0.1, 0.15) is 0 Å². The van der Waals surface area contributed by atoms with E-state index in [0.29, 0.717) is 22.4 Å². The van der Waals surface area contributed by atoms with E-state index in [1.807, 2.05) is 5.32 Å². The summed E-state index contributed by atoms with van der Waals surface area (Å²) >= 11 is 6.17. The van der Waals surface area contributed by atoms with Gasteiger partial charge in [-0.25, -0.2) is 14.8 Å². The smallest absolute Gasteiger partial charge is 0.350 e. The lowest BCUT2D eigenvalue weighted by molar-refractivity contribution is -0.173. The molecule has 0 bridgehead atoms. The highest BCUT2D eigenvalue weighted by Crippen LogP contribution is 2.40. The first-order valence-corrected chi connectivity index (χ1v) is 8.00. The molecule has 1 amide bonds. The van der Waals surface area contributed by atoms with Crippen molar-refractivity contribution in [2.45, 2.75) is 12.7 Å². The van der Waals surface area contributed by atoms with Crippen molar-refractivity contribution in [1.82, 2.24) is 24.4 Å². The molecule has 0 aliphatic carbocycles. The Labute approximate surface area is 156 Å². The average molecular weight is 397 g/mol. The van der Waals surface area contributed by atoms with E-state index in [1.54, 1.807) is 34.5 Å². The van der Waals surface area contributed by atoms with Crippen molar-refractivity contribution >= 4 is 34.2 Å². The highest BCUT2D eigenvalue weighted by molar-refractivity contribution is 6.34. The number of rotatable bonds is 4. The second kappa shape index (κ2) is 6.92.